The highest BCUT2D eigenvalue weighted by Gasteiger charge is 2.19. The van der Waals surface area contributed by atoms with Gasteiger partial charge in [-0.15, -0.1) is 10.2 Å². The summed E-state index contributed by atoms with van der Waals surface area (Å²) in [5.74, 6) is -0.940. The molecule has 388 valence electrons. The van der Waals surface area contributed by atoms with E-state index < -0.39 is 66.1 Å². The third kappa shape index (κ3) is 16.1. The molecule has 6 aromatic carbocycles. The zero-order valence-electron chi connectivity index (χ0n) is 37.4. The Morgan fingerprint density at radius 2 is 0.667 bits per heavy atom. The Morgan fingerprint density at radius 1 is 0.360 bits per heavy atom. The molecule has 1 aromatic heterocycles. The van der Waals surface area contributed by atoms with Crippen LogP contribution in [-0.4, -0.2) is 92.1 Å². The Morgan fingerprint density at radius 3 is 1.00 bits per heavy atom. The van der Waals surface area contributed by atoms with Crippen molar-refractivity contribution >= 4 is 125 Å². The fourth-order valence-electron chi connectivity index (χ4n) is 5.87. The second-order valence-corrected chi connectivity index (χ2v) is 22.0. The number of anilines is 5. The van der Waals surface area contributed by atoms with Gasteiger partial charge in [-0.25, -0.2) is 0 Å². The van der Waals surface area contributed by atoms with Gasteiger partial charge in [-0.05, 0) is 133 Å². The first-order valence-electron chi connectivity index (χ1n) is 20.5. The predicted octanol–water partition coefficient (Wildman–Crippen LogP) is 9.31. The zero-order valence-corrected chi connectivity index (χ0v) is 41.5. The first kappa shape index (κ1) is 54.5. The van der Waals surface area contributed by atoms with E-state index in [9.17, 15) is 55.7 Å². The summed E-state index contributed by atoms with van der Waals surface area (Å²) in [5, 5.41) is 40.2. The second kappa shape index (κ2) is 22.4. The van der Waals surface area contributed by atoms with Crippen molar-refractivity contribution in [2.75, 3.05) is 28.2 Å². The third-order valence-electron chi connectivity index (χ3n) is 9.35. The quantitative estimate of drug-likeness (QED) is 0.0260. The van der Waals surface area contributed by atoms with Crippen molar-refractivity contribution in [3.8, 4) is 0 Å². The van der Waals surface area contributed by atoms with Crippen LogP contribution < -0.4 is 16.0 Å². The molecule has 0 spiro atoms. The molecule has 8 N–H and O–H groups in total. The Bertz CT molecular complexity index is 3750. The van der Waals surface area contributed by atoms with Crippen LogP contribution in [0.25, 0.3) is 0 Å². The van der Waals surface area contributed by atoms with Crippen LogP contribution in [0, 0.1) is 0 Å². The molecule has 0 saturated heterocycles. The minimum Gasteiger partial charge on any atom is -0.353 e. The van der Waals surface area contributed by atoms with E-state index in [-0.39, 0.29) is 79.7 Å². The molecule has 0 amide bonds. The Labute approximate surface area is 425 Å². The fourth-order valence-corrected chi connectivity index (χ4v) is 8.48. The average Bonchev–Trinajstić information content (AvgIpc) is 3.33. The van der Waals surface area contributed by atoms with Gasteiger partial charge >= 0.3 is 0 Å². The minimum atomic E-state index is -4.86. The Kier molecular flexibility index (Phi) is 16.3. The molecule has 75 heavy (non-hydrogen) atoms. The highest BCUT2D eigenvalue weighted by molar-refractivity contribution is 7.87. The maximum absolute atomic E-state index is 12.3. The number of nitrogens with zero attached hydrogens (tertiary/aromatic N) is 11. The molecule has 34 heteroatoms. The van der Waals surface area contributed by atoms with Gasteiger partial charge in [0.15, 0.2) is 0 Å². The van der Waals surface area contributed by atoms with Crippen LogP contribution in [0.1, 0.15) is 0 Å². The molecular formula is C41H34N14O15S5. The summed E-state index contributed by atoms with van der Waals surface area (Å²) in [6.45, 7) is -0.299. The Balaban J connectivity index is 1.04. The van der Waals surface area contributed by atoms with Crippen molar-refractivity contribution in [3.05, 3.63) is 133 Å². The highest BCUT2D eigenvalue weighted by Crippen LogP contribution is 2.34. The van der Waals surface area contributed by atoms with Gasteiger partial charge < -0.3 is 16.0 Å². The van der Waals surface area contributed by atoms with Crippen LogP contribution in [0.2, 0.25) is 0 Å². The molecule has 7 rings (SSSR count). The van der Waals surface area contributed by atoms with Gasteiger partial charge in [-0.3, -0.25) is 22.8 Å². The third-order valence-corrected chi connectivity index (χ3v) is 13.6. The summed E-state index contributed by atoms with van der Waals surface area (Å²) < 4.78 is 164. The lowest BCUT2D eigenvalue weighted by molar-refractivity contribution is 0.481. The summed E-state index contributed by atoms with van der Waals surface area (Å²) >= 11 is 0. The lowest BCUT2D eigenvalue weighted by Gasteiger charge is -2.11. The molecule has 0 unspecified atom stereocenters. The van der Waals surface area contributed by atoms with Crippen molar-refractivity contribution in [2.45, 2.75) is 19.6 Å². The SMILES string of the molecule is O=S(=O)(O)CCNc1nc(Nc2ccc(N=Nc3ccc(N=Nc4ccc(S(=O)(=O)O)cc4)cc3S(=O)(=O)O)cc2)nc(Nc2ccc(N=Nc3ccc(N=Nc4ccc(S(=O)(=O)O)cc4)cc3S(=O)(=O)O)cc2)n1. The van der Waals surface area contributed by atoms with Gasteiger partial charge in [0.05, 0.1) is 49.7 Å². The lowest BCUT2D eigenvalue weighted by atomic mass is 10.3. The number of nitrogens with one attached hydrogen (secondary N) is 3. The first-order chi connectivity index (χ1) is 35.2. The summed E-state index contributed by atoms with van der Waals surface area (Å²) in [5.41, 5.74) is 0.945. The van der Waals surface area contributed by atoms with Crippen LogP contribution in [0.4, 0.5) is 74.7 Å². The van der Waals surface area contributed by atoms with E-state index in [0.29, 0.717) is 11.4 Å². The van der Waals surface area contributed by atoms with Gasteiger partial charge in [0, 0.05) is 17.9 Å². The van der Waals surface area contributed by atoms with Crippen LogP contribution in [0.3, 0.4) is 0 Å². The van der Waals surface area contributed by atoms with Gasteiger partial charge in [-0.2, -0.15) is 87.7 Å². The number of azo groups is 4. The number of benzene rings is 6. The van der Waals surface area contributed by atoms with Gasteiger partial charge in [-0.1, -0.05) is 0 Å². The number of rotatable bonds is 20. The maximum atomic E-state index is 12.3. The predicted molar refractivity (Wildman–Crippen MR) is 266 cm³/mol. The van der Waals surface area contributed by atoms with Crippen molar-refractivity contribution in [1.82, 2.24) is 15.0 Å². The number of hydrogen-bond acceptors (Lipinski definition) is 24. The molecule has 0 aliphatic carbocycles. The lowest BCUT2D eigenvalue weighted by Crippen LogP contribution is -2.17. The summed E-state index contributed by atoms with van der Waals surface area (Å²) in [7, 11) is -23.0. The minimum absolute atomic E-state index is 0.0269. The molecule has 0 saturated carbocycles. The van der Waals surface area contributed by atoms with Crippen molar-refractivity contribution < 1.29 is 64.9 Å². The number of aromatic nitrogens is 3. The highest BCUT2D eigenvalue weighted by atomic mass is 32.2. The van der Waals surface area contributed by atoms with Crippen LogP contribution >= 0.6 is 0 Å². The fraction of sp³-hybridized carbons (Fsp3) is 0.0488. The zero-order chi connectivity index (χ0) is 54.2. The molecule has 0 aliphatic heterocycles. The molecule has 1 heterocycles. The van der Waals surface area contributed by atoms with Crippen LogP contribution in [0.15, 0.2) is 194 Å². The average molecular weight is 1120 g/mol. The van der Waals surface area contributed by atoms with E-state index in [4.69, 9.17) is 9.11 Å². The second-order valence-electron chi connectivity index (χ2n) is 14.9. The van der Waals surface area contributed by atoms with E-state index in [0.717, 1.165) is 36.4 Å². The molecule has 7 aromatic rings. The molecular weight excluding hydrogens is 1090 g/mol. The summed E-state index contributed by atoms with van der Waals surface area (Å²) in [4.78, 5) is 10.8. The molecule has 0 aliphatic rings. The smallest absolute Gasteiger partial charge is 0.296 e. The van der Waals surface area contributed by atoms with Crippen molar-refractivity contribution in [1.29, 1.82) is 0 Å². The van der Waals surface area contributed by atoms with E-state index in [2.05, 4.69) is 71.8 Å². The number of hydrogen-bond donors (Lipinski definition) is 8. The van der Waals surface area contributed by atoms with E-state index >= 15 is 0 Å². The molecule has 0 fully saturated rings. The van der Waals surface area contributed by atoms with E-state index in [1.165, 1.54) is 97.1 Å². The van der Waals surface area contributed by atoms with Crippen molar-refractivity contribution in [2.24, 2.45) is 40.9 Å². The standard InChI is InChI=1S/C41H34N14O15S5/c56-71(57,58)22-21-42-39-45-40(43-25-1-5-27(6-2-25)50-54-35-19-13-31(23-37(35)74(65,66)67)52-48-29-9-15-33(16-10-29)72(59,60)61)47-41(46-39)44-26-3-7-28(8-4-26)51-55-36-20-14-32(24-38(36)75(68,69)70)53-49-30-11-17-34(18-12-30)73(62,63)64/h1-20,23-24H,21-22H2,(H,56,57,58)(H,59,60,61)(H,62,63,64)(H,65,66,67)(H,68,69,70)(H3,42,43,44,45,46,47). The van der Waals surface area contributed by atoms with Gasteiger partial charge in [0.1, 0.15) is 21.2 Å². The first-order valence-corrected chi connectivity index (χ1v) is 27.8. The summed E-state index contributed by atoms with van der Waals surface area (Å²) in [6.07, 6.45) is 0. The Hall–Kier alpha value is -8.32. The monoisotopic (exact) mass is 1120 g/mol. The van der Waals surface area contributed by atoms with Crippen LogP contribution in [0.5, 0.6) is 0 Å². The van der Waals surface area contributed by atoms with E-state index in [1.807, 2.05) is 0 Å². The summed E-state index contributed by atoms with van der Waals surface area (Å²) in [6, 6.07) is 28.4. The van der Waals surface area contributed by atoms with Gasteiger partial charge in [0.25, 0.3) is 50.6 Å². The van der Waals surface area contributed by atoms with Crippen molar-refractivity contribution in [3.63, 3.8) is 0 Å². The van der Waals surface area contributed by atoms with Gasteiger partial charge in [0.2, 0.25) is 17.8 Å². The molecule has 0 atom stereocenters. The molecule has 0 radical (unpaired) electrons. The van der Waals surface area contributed by atoms with E-state index in [1.54, 1.807) is 0 Å². The normalized spacial score (nSPS) is 12.8. The molecule has 29 nitrogen and oxygen atoms in total. The maximum Gasteiger partial charge on any atom is 0.296 e. The van der Waals surface area contributed by atoms with Crippen LogP contribution in [-0.2, 0) is 50.6 Å². The topological polar surface area (TPSA) is 445 Å². The largest absolute Gasteiger partial charge is 0.353 e. The molecule has 0 bridgehead atoms.